The van der Waals surface area contributed by atoms with E-state index in [0.29, 0.717) is 11.3 Å². The number of nitrogens with one attached hydrogen (secondary N) is 1. The summed E-state index contributed by atoms with van der Waals surface area (Å²) < 4.78 is 26.1. The number of hydrogen-bond acceptors (Lipinski definition) is 3. The van der Waals surface area contributed by atoms with E-state index in [2.05, 4.69) is 23.2 Å². The molecule has 1 fully saturated rings. The summed E-state index contributed by atoms with van der Waals surface area (Å²) in [6, 6.07) is 18.7. The number of likely N-dealkylation sites (tertiary alicyclic amines) is 1. The smallest absolute Gasteiger partial charge is 0.323 e. The summed E-state index contributed by atoms with van der Waals surface area (Å²) in [6.45, 7) is -0.314. The van der Waals surface area contributed by atoms with Gasteiger partial charge in [-0.05, 0) is 66.2 Å². The molecule has 0 aromatic heterocycles. The Morgan fingerprint density at radius 2 is 1.42 bits per heavy atom. The van der Waals surface area contributed by atoms with Gasteiger partial charge in [0.25, 0.3) is 0 Å². The molecule has 1 heterocycles. The van der Waals surface area contributed by atoms with Gasteiger partial charge < -0.3 is 15.3 Å². The van der Waals surface area contributed by atoms with Crippen LogP contribution in [0.1, 0.15) is 22.6 Å². The topological polar surface area (TPSA) is 76.4 Å². The monoisotopic (exact) mass is 443 g/mol. The maximum atomic E-state index is 13.1. The molecule has 0 bridgehead atoms. The van der Waals surface area contributed by atoms with Crippen molar-refractivity contribution in [1.82, 2.24) is 4.90 Å². The third kappa shape index (κ3) is 4.69. The first-order valence-corrected chi connectivity index (χ1v) is 10.2. The molecule has 2 N–H and O–H groups in total. The maximum Gasteiger partial charge on any atom is 0.323 e. The van der Waals surface area contributed by atoms with Gasteiger partial charge in [0, 0.05) is 22.7 Å². The molecule has 0 radical (unpaired) electrons. The fraction of sp³-hybridized carbons (Fsp3) is 0.154. The van der Waals surface area contributed by atoms with Crippen molar-refractivity contribution in [3.63, 3.8) is 0 Å². The number of aliphatic hydroxyl groups is 1. The van der Waals surface area contributed by atoms with E-state index in [0.717, 1.165) is 11.1 Å². The average Bonchev–Trinajstić information content (AvgIpc) is 2.81. The quantitative estimate of drug-likeness (QED) is 0.595. The van der Waals surface area contributed by atoms with E-state index in [-0.39, 0.29) is 18.3 Å². The zero-order chi connectivity index (χ0) is 23.4. The second-order valence-corrected chi connectivity index (χ2v) is 7.57. The van der Waals surface area contributed by atoms with Gasteiger partial charge in [-0.25, -0.2) is 13.6 Å². The number of carbonyl (C=O) groups excluding carboxylic acids is 1. The Labute approximate surface area is 189 Å². The number of nitriles is 1. The zero-order valence-corrected chi connectivity index (χ0v) is 17.4. The third-order valence-electron chi connectivity index (χ3n) is 5.55. The number of benzene rings is 3. The second kappa shape index (κ2) is 9.52. The van der Waals surface area contributed by atoms with Crippen LogP contribution in [0.4, 0.5) is 19.3 Å². The molecule has 1 aliphatic rings. The van der Waals surface area contributed by atoms with E-state index in [1.807, 2.05) is 12.1 Å². The fourth-order valence-electron chi connectivity index (χ4n) is 3.87. The summed E-state index contributed by atoms with van der Waals surface area (Å²) >= 11 is 0. The van der Waals surface area contributed by atoms with Gasteiger partial charge in [0.15, 0.2) is 0 Å². The largest absolute Gasteiger partial charge is 0.394 e. The molecule has 4 rings (SSSR count). The molecular weight excluding hydrogens is 424 g/mol. The number of rotatable bonds is 3. The molecule has 3 aromatic carbocycles. The Kier molecular flexibility index (Phi) is 6.35. The van der Waals surface area contributed by atoms with Crippen molar-refractivity contribution < 1.29 is 18.7 Å². The number of nitrogens with zero attached hydrogens (tertiary/aromatic N) is 2. The van der Waals surface area contributed by atoms with Crippen molar-refractivity contribution in [2.45, 2.75) is 18.0 Å². The van der Waals surface area contributed by atoms with E-state index in [9.17, 15) is 23.9 Å². The van der Waals surface area contributed by atoms with Crippen molar-refractivity contribution in [2.75, 3.05) is 11.9 Å². The van der Waals surface area contributed by atoms with Crippen molar-refractivity contribution in [3.8, 4) is 17.9 Å². The minimum atomic E-state index is -0.765. The molecule has 1 aliphatic heterocycles. The Morgan fingerprint density at radius 1 is 0.909 bits per heavy atom. The standard InChI is InChI=1S/C26H19F2N3O2/c27-20-9-5-18(6-10-20)2-1-17-3-7-19(8-4-17)25-23(15-29)31(24(25)16-32)26(33)30-22-13-11-21(28)12-14-22/h3-14,23-25,32H,16H2,(H,30,33)/t23-,24-,25+/m1/s1. The van der Waals surface area contributed by atoms with Gasteiger partial charge in [-0.15, -0.1) is 0 Å². The lowest BCUT2D eigenvalue weighted by Gasteiger charge is -2.51. The van der Waals surface area contributed by atoms with Crippen LogP contribution in [0.5, 0.6) is 0 Å². The molecule has 2 amide bonds. The number of aliphatic hydroxyl groups excluding tert-OH is 1. The summed E-state index contributed by atoms with van der Waals surface area (Å²) in [4.78, 5) is 14.0. The number of urea groups is 1. The number of anilines is 1. The van der Waals surface area contributed by atoms with Crippen molar-refractivity contribution in [1.29, 1.82) is 5.26 Å². The van der Waals surface area contributed by atoms with Gasteiger partial charge >= 0.3 is 6.03 Å². The predicted molar refractivity (Wildman–Crippen MR) is 119 cm³/mol. The van der Waals surface area contributed by atoms with E-state index in [1.54, 1.807) is 24.3 Å². The van der Waals surface area contributed by atoms with Crippen molar-refractivity contribution in [3.05, 3.63) is 101 Å². The summed E-state index contributed by atoms with van der Waals surface area (Å²) in [5, 5.41) is 22.2. The van der Waals surface area contributed by atoms with Gasteiger partial charge in [0.1, 0.15) is 17.7 Å². The minimum absolute atomic E-state index is 0.314. The Bertz CT molecular complexity index is 1240. The van der Waals surface area contributed by atoms with Gasteiger partial charge in [-0.2, -0.15) is 5.26 Å². The minimum Gasteiger partial charge on any atom is -0.394 e. The molecule has 0 unspecified atom stereocenters. The Balaban J connectivity index is 1.48. The first-order chi connectivity index (χ1) is 16.0. The van der Waals surface area contributed by atoms with Crippen LogP contribution in [0, 0.1) is 34.8 Å². The number of carbonyl (C=O) groups is 1. The Hall–Kier alpha value is -4.20. The molecule has 3 aromatic rings. The highest BCUT2D eigenvalue weighted by Crippen LogP contribution is 2.40. The van der Waals surface area contributed by atoms with E-state index >= 15 is 0 Å². The summed E-state index contributed by atoms with van der Waals surface area (Å²) in [5.41, 5.74) is 2.62. The number of halogens is 2. The second-order valence-electron chi connectivity index (χ2n) is 7.57. The molecule has 3 atom stereocenters. The van der Waals surface area contributed by atoms with Gasteiger partial charge in [-0.1, -0.05) is 24.0 Å². The lowest BCUT2D eigenvalue weighted by molar-refractivity contribution is 0.0224. The van der Waals surface area contributed by atoms with Crippen LogP contribution in [-0.4, -0.2) is 34.7 Å². The highest BCUT2D eigenvalue weighted by atomic mass is 19.1. The van der Waals surface area contributed by atoms with Gasteiger partial charge in [-0.3, -0.25) is 0 Å². The predicted octanol–water partition coefficient (Wildman–Crippen LogP) is 4.25. The molecule has 164 valence electrons. The highest BCUT2D eigenvalue weighted by Gasteiger charge is 2.51. The van der Waals surface area contributed by atoms with Crippen LogP contribution in [0.3, 0.4) is 0 Å². The zero-order valence-electron chi connectivity index (χ0n) is 17.4. The first-order valence-electron chi connectivity index (χ1n) is 10.2. The first kappa shape index (κ1) is 22.0. The average molecular weight is 443 g/mol. The molecule has 0 spiro atoms. The van der Waals surface area contributed by atoms with Crippen molar-refractivity contribution >= 4 is 11.7 Å². The fourth-order valence-corrected chi connectivity index (χ4v) is 3.87. The SMILES string of the molecule is N#C[C@@H]1[C@H](c2ccc(C#Cc3ccc(F)cc3)cc2)[C@@H](CO)N1C(=O)Nc1ccc(F)cc1. The lowest BCUT2D eigenvalue weighted by atomic mass is 9.76. The molecule has 1 saturated heterocycles. The molecule has 5 nitrogen and oxygen atoms in total. The Morgan fingerprint density at radius 3 is 1.94 bits per heavy atom. The highest BCUT2D eigenvalue weighted by molar-refractivity contribution is 5.91. The van der Waals surface area contributed by atoms with Crippen LogP contribution in [0.2, 0.25) is 0 Å². The van der Waals surface area contributed by atoms with Gasteiger partial charge in [0.05, 0.1) is 18.7 Å². The van der Waals surface area contributed by atoms with Crippen LogP contribution < -0.4 is 5.32 Å². The van der Waals surface area contributed by atoms with E-state index < -0.39 is 23.9 Å². The van der Waals surface area contributed by atoms with Crippen LogP contribution in [0.15, 0.2) is 72.8 Å². The molecule has 33 heavy (non-hydrogen) atoms. The van der Waals surface area contributed by atoms with E-state index in [4.69, 9.17) is 0 Å². The number of hydrogen-bond donors (Lipinski definition) is 2. The van der Waals surface area contributed by atoms with Crippen LogP contribution in [-0.2, 0) is 0 Å². The van der Waals surface area contributed by atoms with Crippen molar-refractivity contribution in [2.24, 2.45) is 0 Å². The van der Waals surface area contributed by atoms with E-state index in [1.165, 1.54) is 41.3 Å². The molecular formula is C26H19F2N3O2. The van der Waals surface area contributed by atoms with Gasteiger partial charge in [0.2, 0.25) is 0 Å². The summed E-state index contributed by atoms with van der Waals surface area (Å²) in [5.74, 6) is 4.85. The molecule has 0 saturated carbocycles. The molecule has 7 heteroatoms. The lowest BCUT2D eigenvalue weighted by Crippen LogP contribution is -2.66. The van der Waals surface area contributed by atoms with Crippen LogP contribution >= 0.6 is 0 Å². The number of amides is 2. The molecule has 0 aliphatic carbocycles. The third-order valence-corrected chi connectivity index (χ3v) is 5.55. The van der Waals surface area contributed by atoms with Crippen LogP contribution in [0.25, 0.3) is 0 Å². The normalized spacial score (nSPS) is 19.0. The maximum absolute atomic E-state index is 13.1. The summed E-state index contributed by atoms with van der Waals surface area (Å²) in [7, 11) is 0. The summed E-state index contributed by atoms with van der Waals surface area (Å²) in [6.07, 6.45) is 0.